The van der Waals surface area contributed by atoms with Crippen molar-refractivity contribution >= 4 is 29.4 Å². The van der Waals surface area contributed by atoms with E-state index in [0.717, 1.165) is 24.0 Å². The SMILES string of the molecule is O=C(NC(c1ccc(Cl)cc1)C1CC1)c1ccc(CN2C(=O)CNC2=O)cc1. The number of halogens is 1. The number of carbonyl (C=O) groups excluding carboxylic acids is 3. The lowest BCUT2D eigenvalue weighted by Gasteiger charge is -2.19. The third kappa shape index (κ3) is 4.02. The second kappa shape index (κ2) is 7.64. The van der Waals surface area contributed by atoms with Gasteiger partial charge in [-0.1, -0.05) is 35.9 Å². The van der Waals surface area contributed by atoms with Gasteiger partial charge < -0.3 is 10.6 Å². The Morgan fingerprint density at radius 1 is 1.11 bits per heavy atom. The number of carbonyl (C=O) groups is 3. The number of urea groups is 1. The minimum atomic E-state index is -0.387. The maximum atomic E-state index is 12.7. The highest BCUT2D eigenvalue weighted by molar-refractivity contribution is 6.30. The van der Waals surface area contributed by atoms with E-state index in [9.17, 15) is 14.4 Å². The van der Waals surface area contributed by atoms with Gasteiger partial charge in [0.1, 0.15) is 0 Å². The highest BCUT2D eigenvalue weighted by Gasteiger charge is 2.33. The topological polar surface area (TPSA) is 78.5 Å². The molecule has 2 fully saturated rings. The molecule has 4 rings (SSSR count). The molecule has 0 spiro atoms. The van der Waals surface area contributed by atoms with Gasteiger partial charge in [-0.25, -0.2) is 4.79 Å². The second-order valence-electron chi connectivity index (χ2n) is 7.18. The van der Waals surface area contributed by atoms with Crippen LogP contribution in [0.2, 0.25) is 5.02 Å². The Morgan fingerprint density at radius 2 is 1.79 bits per heavy atom. The molecule has 2 aromatic carbocycles. The minimum Gasteiger partial charge on any atom is -0.345 e. The van der Waals surface area contributed by atoms with Crippen LogP contribution in [-0.4, -0.2) is 29.3 Å². The van der Waals surface area contributed by atoms with Crippen molar-refractivity contribution in [3.63, 3.8) is 0 Å². The summed E-state index contributed by atoms with van der Waals surface area (Å²) >= 11 is 5.97. The van der Waals surface area contributed by atoms with Crippen molar-refractivity contribution in [3.05, 3.63) is 70.2 Å². The molecule has 0 aromatic heterocycles. The molecule has 1 aliphatic carbocycles. The second-order valence-corrected chi connectivity index (χ2v) is 7.61. The average Bonchev–Trinajstić information content (AvgIpc) is 3.49. The lowest BCUT2D eigenvalue weighted by atomic mass is 10.0. The highest BCUT2D eigenvalue weighted by Crippen LogP contribution is 2.41. The summed E-state index contributed by atoms with van der Waals surface area (Å²) in [7, 11) is 0. The molecular weight excluding hydrogens is 378 g/mol. The molecule has 0 radical (unpaired) electrons. The molecule has 144 valence electrons. The number of rotatable bonds is 6. The van der Waals surface area contributed by atoms with Gasteiger partial charge in [-0.3, -0.25) is 14.5 Å². The van der Waals surface area contributed by atoms with Crippen LogP contribution in [0.5, 0.6) is 0 Å². The Hall–Kier alpha value is -2.86. The Labute approximate surface area is 167 Å². The molecule has 2 aliphatic rings. The summed E-state index contributed by atoms with van der Waals surface area (Å²) in [4.78, 5) is 37.2. The fourth-order valence-electron chi connectivity index (χ4n) is 3.36. The number of benzene rings is 2. The number of hydrogen-bond acceptors (Lipinski definition) is 3. The van der Waals surface area contributed by atoms with Crippen LogP contribution in [0.25, 0.3) is 0 Å². The van der Waals surface area contributed by atoms with Crippen LogP contribution in [0.15, 0.2) is 48.5 Å². The van der Waals surface area contributed by atoms with Crippen LogP contribution in [-0.2, 0) is 11.3 Å². The molecule has 1 atom stereocenters. The van der Waals surface area contributed by atoms with Crippen molar-refractivity contribution in [2.24, 2.45) is 5.92 Å². The first-order valence-corrected chi connectivity index (χ1v) is 9.62. The summed E-state index contributed by atoms with van der Waals surface area (Å²) < 4.78 is 0. The van der Waals surface area contributed by atoms with E-state index in [0.29, 0.717) is 16.5 Å². The van der Waals surface area contributed by atoms with Crippen LogP contribution in [0.3, 0.4) is 0 Å². The van der Waals surface area contributed by atoms with Crippen LogP contribution in [0, 0.1) is 5.92 Å². The number of imide groups is 1. The van der Waals surface area contributed by atoms with E-state index in [1.807, 2.05) is 24.3 Å². The summed E-state index contributed by atoms with van der Waals surface area (Å²) in [5.41, 5.74) is 2.38. The summed E-state index contributed by atoms with van der Waals surface area (Å²) in [6.07, 6.45) is 2.19. The minimum absolute atomic E-state index is 0.0321. The summed E-state index contributed by atoms with van der Waals surface area (Å²) in [6.45, 7) is 0.231. The first-order chi connectivity index (χ1) is 13.5. The molecular formula is C21H20ClN3O3. The maximum absolute atomic E-state index is 12.7. The van der Waals surface area contributed by atoms with Gasteiger partial charge in [-0.2, -0.15) is 0 Å². The fraction of sp³-hybridized carbons (Fsp3) is 0.286. The number of nitrogens with zero attached hydrogens (tertiary/aromatic N) is 1. The number of amides is 4. The fourth-order valence-corrected chi connectivity index (χ4v) is 3.48. The van der Waals surface area contributed by atoms with E-state index in [1.165, 1.54) is 4.90 Å². The third-order valence-corrected chi connectivity index (χ3v) is 5.35. The molecule has 2 aromatic rings. The Balaban J connectivity index is 1.43. The summed E-state index contributed by atoms with van der Waals surface area (Å²) in [5.74, 6) is 0.0551. The molecule has 1 heterocycles. The monoisotopic (exact) mass is 397 g/mol. The molecule has 1 unspecified atom stereocenters. The Morgan fingerprint density at radius 3 is 2.36 bits per heavy atom. The van der Waals surface area contributed by atoms with Crippen molar-refractivity contribution in [2.75, 3.05) is 6.54 Å². The lowest BCUT2D eigenvalue weighted by molar-refractivity contribution is -0.125. The largest absolute Gasteiger partial charge is 0.345 e. The van der Waals surface area contributed by atoms with Gasteiger partial charge in [0.15, 0.2) is 0 Å². The third-order valence-electron chi connectivity index (χ3n) is 5.10. The van der Waals surface area contributed by atoms with Gasteiger partial charge in [0.25, 0.3) is 5.91 Å². The van der Waals surface area contributed by atoms with Gasteiger partial charge in [0.05, 0.1) is 19.1 Å². The van der Waals surface area contributed by atoms with Crippen molar-refractivity contribution in [2.45, 2.75) is 25.4 Å². The predicted octanol–water partition coefficient (Wildman–Crippen LogP) is 3.27. The van der Waals surface area contributed by atoms with Crippen molar-refractivity contribution in [3.8, 4) is 0 Å². The van der Waals surface area contributed by atoms with Crippen LogP contribution < -0.4 is 10.6 Å². The van der Waals surface area contributed by atoms with Crippen LogP contribution in [0.1, 0.15) is 40.4 Å². The van der Waals surface area contributed by atoms with Crippen molar-refractivity contribution in [1.29, 1.82) is 0 Å². The zero-order valence-electron chi connectivity index (χ0n) is 15.2. The Bertz CT molecular complexity index is 891. The van der Waals surface area contributed by atoms with Gasteiger partial charge in [0.2, 0.25) is 5.91 Å². The number of nitrogens with one attached hydrogen (secondary N) is 2. The normalized spacial score (nSPS) is 17.4. The first kappa shape index (κ1) is 18.5. The van der Waals surface area contributed by atoms with E-state index < -0.39 is 0 Å². The quantitative estimate of drug-likeness (QED) is 0.734. The summed E-state index contributed by atoms with van der Waals surface area (Å²) in [6, 6.07) is 14.1. The predicted molar refractivity (Wildman–Crippen MR) is 105 cm³/mol. The molecule has 1 aliphatic heterocycles. The van der Waals surface area contributed by atoms with Crippen molar-refractivity contribution in [1.82, 2.24) is 15.5 Å². The van der Waals surface area contributed by atoms with E-state index in [-0.39, 0.29) is 37.0 Å². The molecule has 7 heteroatoms. The van der Waals surface area contributed by atoms with Gasteiger partial charge in [-0.15, -0.1) is 0 Å². The van der Waals surface area contributed by atoms with Crippen LogP contribution in [0.4, 0.5) is 4.79 Å². The average molecular weight is 398 g/mol. The molecule has 4 amide bonds. The van der Waals surface area contributed by atoms with Gasteiger partial charge in [-0.05, 0) is 54.2 Å². The molecule has 0 bridgehead atoms. The van der Waals surface area contributed by atoms with Crippen molar-refractivity contribution < 1.29 is 14.4 Å². The van der Waals surface area contributed by atoms with E-state index in [2.05, 4.69) is 10.6 Å². The smallest absolute Gasteiger partial charge is 0.324 e. The zero-order valence-corrected chi connectivity index (χ0v) is 15.9. The lowest BCUT2D eigenvalue weighted by Crippen LogP contribution is -2.31. The van der Waals surface area contributed by atoms with E-state index >= 15 is 0 Å². The summed E-state index contributed by atoms with van der Waals surface area (Å²) in [5, 5.41) is 6.29. The standard InChI is InChI=1S/C21H20ClN3O3/c22-17-9-7-15(8-10-17)19(14-5-6-14)24-20(27)16-3-1-13(2-4-16)12-25-18(26)11-23-21(25)28/h1-4,7-10,14,19H,5-6,11-12H2,(H,23,28)(H,24,27). The highest BCUT2D eigenvalue weighted by atomic mass is 35.5. The van der Waals surface area contributed by atoms with Gasteiger partial charge in [0, 0.05) is 10.6 Å². The Kier molecular flexibility index (Phi) is 5.05. The van der Waals surface area contributed by atoms with E-state index in [4.69, 9.17) is 11.6 Å². The maximum Gasteiger partial charge on any atom is 0.324 e. The van der Waals surface area contributed by atoms with Crippen LogP contribution >= 0.6 is 11.6 Å². The molecule has 2 N–H and O–H groups in total. The molecule has 1 saturated carbocycles. The van der Waals surface area contributed by atoms with E-state index in [1.54, 1.807) is 24.3 Å². The van der Waals surface area contributed by atoms with Gasteiger partial charge >= 0.3 is 6.03 Å². The first-order valence-electron chi connectivity index (χ1n) is 9.25. The molecule has 1 saturated heterocycles. The number of hydrogen-bond donors (Lipinski definition) is 2. The molecule has 6 nitrogen and oxygen atoms in total. The zero-order chi connectivity index (χ0) is 19.7. The molecule has 28 heavy (non-hydrogen) atoms.